The van der Waals surface area contributed by atoms with Crippen molar-refractivity contribution in [1.29, 1.82) is 0 Å². The van der Waals surface area contributed by atoms with Crippen molar-refractivity contribution < 1.29 is 14.7 Å². The molecule has 10 heteroatoms. The van der Waals surface area contributed by atoms with Gasteiger partial charge >= 0.3 is 5.96 Å². The van der Waals surface area contributed by atoms with Crippen molar-refractivity contribution in [3.8, 4) is 0 Å². The minimum Gasteiger partial charge on any atom is -0.356 e. The van der Waals surface area contributed by atoms with Crippen molar-refractivity contribution in [2.75, 3.05) is 26.2 Å². The summed E-state index contributed by atoms with van der Waals surface area (Å²) in [6, 6.07) is 0. The Morgan fingerprint density at radius 2 is 1.87 bits per heavy atom. The van der Waals surface area contributed by atoms with Crippen LogP contribution in [0.3, 0.4) is 0 Å². The number of hydrogen-bond donors (Lipinski definition) is 1. The minimum absolute atomic E-state index is 0.367. The first-order chi connectivity index (χ1) is 7.02. The second-order valence-corrected chi connectivity index (χ2v) is 2.82. The third-order valence-corrected chi connectivity index (χ3v) is 1.99. The molecule has 0 spiro atoms. The van der Waals surface area contributed by atoms with Gasteiger partial charge in [0.15, 0.2) is 6.54 Å². The number of nitrogens with zero attached hydrogens (tertiary/aromatic N) is 4. The second-order valence-electron chi connectivity index (χ2n) is 2.82. The van der Waals surface area contributed by atoms with Crippen LogP contribution in [0.25, 0.3) is 0 Å². The Kier molecular flexibility index (Phi) is 3.21. The van der Waals surface area contributed by atoms with Gasteiger partial charge < -0.3 is 15.3 Å². The van der Waals surface area contributed by atoms with Crippen molar-refractivity contribution in [2.45, 2.75) is 0 Å². The molecule has 0 unspecified atom stereocenters. The summed E-state index contributed by atoms with van der Waals surface area (Å²) in [4.78, 5) is 18.6. The van der Waals surface area contributed by atoms with E-state index in [2.05, 4.69) is 5.32 Å². The standard InChI is InChI=1S/C5H8N4O2.NO3/c10-9(11)8-4-3-7-2-1-6-5(7)8;2-1(3)4/h1-4H2;/q;-1/p+1. The van der Waals surface area contributed by atoms with Crippen molar-refractivity contribution in [2.24, 2.45) is 0 Å². The van der Waals surface area contributed by atoms with E-state index >= 15 is 0 Å². The minimum atomic E-state index is -1.75. The van der Waals surface area contributed by atoms with Gasteiger partial charge in [-0.25, -0.2) is 10.1 Å². The molecule has 2 aliphatic heterocycles. The van der Waals surface area contributed by atoms with Gasteiger partial charge in [-0.2, -0.15) is 0 Å². The van der Waals surface area contributed by atoms with Crippen LogP contribution in [0.4, 0.5) is 0 Å². The molecule has 0 amide bonds. The van der Waals surface area contributed by atoms with Crippen LogP contribution in [0, 0.1) is 25.4 Å². The van der Waals surface area contributed by atoms with Gasteiger partial charge in [0.05, 0.1) is 18.2 Å². The summed E-state index contributed by atoms with van der Waals surface area (Å²) in [6.07, 6.45) is 0. The van der Waals surface area contributed by atoms with Gasteiger partial charge in [0.25, 0.3) is 0 Å². The molecule has 0 aromatic rings. The summed E-state index contributed by atoms with van der Waals surface area (Å²) in [5.41, 5.74) is 0. The molecule has 0 bridgehead atoms. The van der Waals surface area contributed by atoms with E-state index in [0.29, 0.717) is 12.5 Å². The molecule has 2 aliphatic rings. The quantitative estimate of drug-likeness (QED) is 0.314. The SMILES string of the molecule is O=[N+]([O-])N1CC[N+]2=C1NCC2.O=[N+]([O-])[O-]. The van der Waals surface area contributed by atoms with Crippen molar-refractivity contribution >= 4 is 5.96 Å². The average molecular weight is 219 g/mol. The molecule has 2 rings (SSSR count). The number of nitro groups is 1. The number of hydrogen-bond acceptors (Lipinski definition) is 6. The molecule has 0 aromatic carbocycles. The van der Waals surface area contributed by atoms with E-state index in [1.165, 1.54) is 0 Å². The largest absolute Gasteiger partial charge is 0.411 e. The summed E-state index contributed by atoms with van der Waals surface area (Å²) in [5, 5.41) is 28.9. The Hall–Kier alpha value is -2.13. The Balaban J connectivity index is 0.000000245. The maximum atomic E-state index is 10.4. The molecule has 0 aromatic heterocycles. The fraction of sp³-hybridized carbons (Fsp3) is 0.800. The van der Waals surface area contributed by atoms with Crippen molar-refractivity contribution in [3.63, 3.8) is 0 Å². The average Bonchev–Trinajstić information content (AvgIpc) is 2.59. The first-order valence-corrected chi connectivity index (χ1v) is 4.11. The van der Waals surface area contributed by atoms with E-state index in [1.54, 1.807) is 0 Å². The van der Waals surface area contributed by atoms with E-state index in [0.717, 1.165) is 24.6 Å². The van der Waals surface area contributed by atoms with Crippen LogP contribution in [0.1, 0.15) is 0 Å². The van der Waals surface area contributed by atoms with Gasteiger partial charge in [-0.3, -0.25) is 9.89 Å². The second kappa shape index (κ2) is 4.39. The summed E-state index contributed by atoms with van der Waals surface area (Å²) in [6.45, 7) is 2.97. The van der Waals surface area contributed by atoms with Crippen LogP contribution in [0.5, 0.6) is 0 Å². The molecule has 0 saturated heterocycles. The lowest BCUT2D eigenvalue weighted by Gasteiger charge is -1.98. The summed E-state index contributed by atoms with van der Waals surface area (Å²) < 4.78 is 1.99. The van der Waals surface area contributed by atoms with Gasteiger partial charge in [-0.15, -0.1) is 0 Å². The lowest BCUT2D eigenvalue weighted by Crippen LogP contribution is -2.41. The lowest BCUT2D eigenvalue weighted by atomic mass is 10.6. The van der Waals surface area contributed by atoms with E-state index < -0.39 is 5.09 Å². The molecule has 0 radical (unpaired) electrons. The molecule has 10 nitrogen and oxygen atoms in total. The van der Waals surface area contributed by atoms with Gasteiger partial charge in [0, 0.05) is 5.01 Å². The maximum absolute atomic E-state index is 10.4. The van der Waals surface area contributed by atoms with Gasteiger partial charge in [0.1, 0.15) is 6.54 Å². The van der Waals surface area contributed by atoms with E-state index in [9.17, 15) is 10.1 Å². The Labute approximate surface area is 83.6 Å². The highest BCUT2D eigenvalue weighted by molar-refractivity contribution is 5.75. The van der Waals surface area contributed by atoms with Crippen LogP contribution < -0.4 is 5.32 Å². The van der Waals surface area contributed by atoms with E-state index in [1.807, 2.05) is 4.58 Å². The fourth-order valence-electron chi connectivity index (χ4n) is 1.47. The van der Waals surface area contributed by atoms with Gasteiger partial charge in [0.2, 0.25) is 5.03 Å². The molecular weight excluding hydrogens is 210 g/mol. The zero-order valence-corrected chi connectivity index (χ0v) is 7.66. The molecule has 1 N–H and O–H groups in total. The van der Waals surface area contributed by atoms with Crippen molar-refractivity contribution in [1.82, 2.24) is 10.3 Å². The van der Waals surface area contributed by atoms with Crippen LogP contribution in [0.15, 0.2) is 0 Å². The highest BCUT2D eigenvalue weighted by Gasteiger charge is 2.41. The number of rotatable bonds is 1. The van der Waals surface area contributed by atoms with Crippen LogP contribution in [-0.2, 0) is 0 Å². The summed E-state index contributed by atoms with van der Waals surface area (Å²) >= 11 is 0. The van der Waals surface area contributed by atoms with E-state index in [-0.39, 0.29) is 5.03 Å². The smallest absolute Gasteiger partial charge is 0.356 e. The predicted octanol–water partition coefficient (Wildman–Crippen LogP) is -1.77. The van der Waals surface area contributed by atoms with Gasteiger partial charge in [-0.1, -0.05) is 0 Å². The molecule has 0 aliphatic carbocycles. The molecule has 15 heavy (non-hydrogen) atoms. The molecule has 0 fully saturated rings. The first-order valence-electron chi connectivity index (χ1n) is 4.11. The molecule has 84 valence electrons. The summed E-state index contributed by atoms with van der Waals surface area (Å²) in [5.74, 6) is 0.662. The van der Waals surface area contributed by atoms with Crippen LogP contribution >= 0.6 is 0 Å². The molecule has 0 saturated carbocycles. The molecule has 2 heterocycles. The number of nitrogens with one attached hydrogen (secondary N) is 1. The fourth-order valence-corrected chi connectivity index (χ4v) is 1.47. The first kappa shape index (κ1) is 10.9. The highest BCUT2D eigenvalue weighted by atomic mass is 16.9. The zero-order valence-electron chi connectivity index (χ0n) is 7.66. The molecule has 0 atom stereocenters. The van der Waals surface area contributed by atoms with E-state index in [4.69, 9.17) is 15.3 Å². The molecular formula is C5H9N5O5. The predicted molar refractivity (Wildman–Crippen MR) is 47.1 cm³/mol. The third kappa shape index (κ3) is 2.65. The maximum Gasteiger partial charge on any atom is 0.411 e. The van der Waals surface area contributed by atoms with Crippen molar-refractivity contribution in [3.05, 3.63) is 25.4 Å². The highest BCUT2D eigenvalue weighted by Crippen LogP contribution is 2.02. The Morgan fingerprint density at radius 1 is 1.27 bits per heavy atom. The van der Waals surface area contributed by atoms with Crippen LogP contribution in [0.2, 0.25) is 0 Å². The normalized spacial score (nSPS) is 17.7. The Bertz CT molecular complexity index is 311. The van der Waals surface area contributed by atoms with Crippen LogP contribution in [-0.4, -0.2) is 51.8 Å². The topological polar surface area (TPSA) is 128 Å². The Morgan fingerprint density at radius 3 is 2.40 bits per heavy atom. The summed E-state index contributed by atoms with van der Waals surface area (Å²) in [7, 11) is 0. The zero-order chi connectivity index (χ0) is 11.4. The monoisotopic (exact) mass is 219 g/mol. The third-order valence-electron chi connectivity index (χ3n) is 1.99. The number of hydrazine groups is 1. The van der Waals surface area contributed by atoms with Gasteiger partial charge in [-0.05, 0) is 0 Å². The number of guanidine groups is 1. The lowest BCUT2D eigenvalue weighted by molar-refractivity contribution is -0.628.